The van der Waals surface area contributed by atoms with Gasteiger partial charge in [0.1, 0.15) is 0 Å². The normalized spacial score (nSPS) is 13.4. The molecular formula is C19H22ClNO. The van der Waals surface area contributed by atoms with Crippen LogP contribution in [0.2, 0.25) is 0 Å². The zero-order chi connectivity index (χ0) is 15.8. The standard InChI is InChI=1S/C19H22ClNO/c1-16(19(12-20)15-22)21(13-17-8-4-2-5-9-17)14-18-10-6-3-7-11-18/h2-12,16,22H,13-15H2,1H3/b19-12+/t16-/m0/s1. The van der Waals surface area contributed by atoms with Crippen LogP contribution in [0.3, 0.4) is 0 Å². The van der Waals surface area contributed by atoms with Gasteiger partial charge >= 0.3 is 0 Å². The van der Waals surface area contributed by atoms with Crippen LogP contribution < -0.4 is 0 Å². The Bertz CT molecular complexity index is 541. The van der Waals surface area contributed by atoms with Crippen molar-refractivity contribution in [3.63, 3.8) is 0 Å². The van der Waals surface area contributed by atoms with Crippen molar-refractivity contribution < 1.29 is 5.11 Å². The van der Waals surface area contributed by atoms with Crippen molar-refractivity contribution in [2.45, 2.75) is 26.1 Å². The summed E-state index contributed by atoms with van der Waals surface area (Å²) < 4.78 is 0. The van der Waals surface area contributed by atoms with Gasteiger partial charge in [0.15, 0.2) is 0 Å². The molecule has 0 aromatic heterocycles. The van der Waals surface area contributed by atoms with Gasteiger partial charge in [0.2, 0.25) is 0 Å². The van der Waals surface area contributed by atoms with Crippen molar-refractivity contribution in [3.05, 3.63) is 82.9 Å². The van der Waals surface area contributed by atoms with E-state index in [4.69, 9.17) is 11.6 Å². The molecule has 3 heteroatoms. The second kappa shape index (κ2) is 8.74. The van der Waals surface area contributed by atoms with E-state index in [-0.39, 0.29) is 12.6 Å². The van der Waals surface area contributed by atoms with Crippen LogP contribution in [0.15, 0.2) is 71.8 Å². The van der Waals surface area contributed by atoms with Crippen LogP contribution in [0.1, 0.15) is 18.1 Å². The van der Waals surface area contributed by atoms with Crippen molar-refractivity contribution >= 4 is 11.6 Å². The average molecular weight is 316 g/mol. The quantitative estimate of drug-likeness (QED) is 0.828. The Kier molecular flexibility index (Phi) is 6.66. The molecule has 22 heavy (non-hydrogen) atoms. The Balaban J connectivity index is 2.20. The molecule has 0 saturated carbocycles. The van der Waals surface area contributed by atoms with Gasteiger partial charge in [0.25, 0.3) is 0 Å². The minimum Gasteiger partial charge on any atom is -0.392 e. The summed E-state index contributed by atoms with van der Waals surface area (Å²) in [5.41, 5.74) is 4.82. The third-order valence-electron chi connectivity index (χ3n) is 3.86. The zero-order valence-electron chi connectivity index (χ0n) is 12.8. The van der Waals surface area contributed by atoms with E-state index in [1.165, 1.54) is 16.7 Å². The van der Waals surface area contributed by atoms with E-state index in [0.717, 1.165) is 18.7 Å². The number of aliphatic hydroxyl groups is 1. The topological polar surface area (TPSA) is 23.5 Å². The van der Waals surface area contributed by atoms with Crippen LogP contribution in [0, 0.1) is 0 Å². The molecule has 0 aliphatic heterocycles. The van der Waals surface area contributed by atoms with Gasteiger partial charge < -0.3 is 5.11 Å². The summed E-state index contributed by atoms with van der Waals surface area (Å²) in [6, 6.07) is 20.8. The highest BCUT2D eigenvalue weighted by Gasteiger charge is 2.18. The number of hydrogen-bond donors (Lipinski definition) is 1. The van der Waals surface area contributed by atoms with E-state index in [2.05, 4.69) is 36.1 Å². The molecule has 0 radical (unpaired) electrons. The Labute approximate surface area is 137 Å². The number of hydrogen-bond acceptors (Lipinski definition) is 2. The first-order valence-electron chi connectivity index (χ1n) is 7.46. The first kappa shape index (κ1) is 16.8. The molecule has 0 unspecified atom stereocenters. The average Bonchev–Trinajstić information content (AvgIpc) is 2.57. The van der Waals surface area contributed by atoms with Crippen molar-refractivity contribution in [1.29, 1.82) is 0 Å². The summed E-state index contributed by atoms with van der Waals surface area (Å²) in [6.45, 7) is 3.68. The zero-order valence-corrected chi connectivity index (χ0v) is 13.6. The number of nitrogens with zero attached hydrogens (tertiary/aromatic N) is 1. The first-order valence-corrected chi connectivity index (χ1v) is 7.90. The first-order chi connectivity index (χ1) is 10.7. The molecular weight excluding hydrogens is 294 g/mol. The fourth-order valence-electron chi connectivity index (χ4n) is 2.46. The van der Waals surface area contributed by atoms with E-state index < -0.39 is 0 Å². The van der Waals surface area contributed by atoms with E-state index in [1.807, 2.05) is 36.4 Å². The predicted molar refractivity (Wildman–Crippen MR) is 92.6 cm³/mol. The monoisotopic (exact) mass is 315 g/mol. The van der Waals surface area contributed by atoms with Crippen LogP contribution >= 0.6 is 11.6 Å². The van der Waals surface area contributed by atoms with Gasteiger partial charge in [-0.05, 0) is 23.6 Å². The summed E-state index contributed by atoms with van der Waals surface area (Å²) in [4.78, 5) is 2.31. The van der Waals surface area contributed by atoms with Gasteiger partial charge in [-0.15, -0.1) is 0 Å². The molecule has 0 heterocycles. The SMILES string of the molecule is C[C@@H](/C(=C/Cl)CO)N(Cc1ccccc1)Cc1ccccc1. The Morgan fingerprint density at radius 1 is 1.00 bits per heavy atom. The molecule has 0 fully saturated rings. The van der Waals surface area contributed by atoms with Crippen molar-refractivity contribution in [2.24, 2.45) is 0 Å². The van der Waals surface area contributed by atoms with Crippen molar-refractivity contribution in [2.75, 3.05) is 6.61 Å². The van der Waals surface area contributed by atoms with E-state index in [9.17, 15) is 5.11 Å². The second-order valence-electron chi connectivity index (χ2n) is 5.39. The molecule has 116 valence electrons. The molecule has 0 amide bonds. The van der Waals surface area contributed by atoms with Crippen molar-refractivity contribution in [3.8, 4) is 0 Å². The smallest absolute Gasteiger partial charge is 0.0668 e. The number of aliphatic hydroxyl groups excluding tert-OH is 1. The molecule has 0 spiro atoms. The number of halogens is 1. The maximum Gasteiger partial charge on any atom is 0.0668 e. The molecule has 0 aliphatic rings. The second-order valence-corrected chi connectivity index (χ2v) is 5.61. The maximum absolute atomic E-state index is 9.50. The summed E-state index contributed by atoms with van der Waals surface area (Å²) in [7, 11) is 0. The fraction of sp³-hybridized carbons (Fsp3) is 0.263. The van der Waals surface area contributed by atoms with Gasteiger partial charge in [-0.25, -0.2) is 0 Å². The van der Waals surface area contributed by atoms with Crippen LogP contribution in [-0.2, 0) is 13.1 Å². The fourth-order valence-corrected chi connectivity index (χ4v) is 2.71. The third-order valence-corrected chi connectivity index (χ3v) is 4.14. The summed E-state index contributed by atoms with van der Waals surface area (Å²) in [5.74, 6) is 0. The summed E-state index contributed by atoms with van der Waals surface area (Å²) >= 11 is 5.86. The molecule has 1 N–H and O–H groups in total. The lowest BCUT2D eigenvalue weighted by Crippen LogP contribution is -2.34. The maximum atomic E-state index is 9.50. The summed E-state index contributed by atoms with van der Waals surface area (Å²) in [6.07, 6.45) is 0. The molecule has 2 rings (SSSR count). The van der Waals surface area contributed by atoms with Crippen LogP contribution in [-0.4, -0.2) is 22.7 Å². The van der Waals surface area contributed by atoms with Crippen molar-refractivity contribution in [1.82, 2.24) is 4.90 Å². The van der Waals surface area contributed by atoms with Gasteiger partial charge in [0, 0.05) is 24.7 Å². The minimum atomic E-state index is -0.0231. The minimum absolute atomic E-state index is 0.0231. The number of rotatable bonds is 7. The Morgan fingerprint density at radius 3 is 1.82 bits per heavy atom. The molecule has 2 aromatic rings. The predicted octanol–water partition coefficient (Wildman–Crippen LogP) is 4.19. The largest absolute Gasteiger partial charge is 0.392 e. The Morgan fingerprint density at radius 2 is 1.45 bits per heavy atom. The van der Waals surface area contributed by atoms with E-state index in [1.54, 1.807) is 0 Å². The highest BCUT2D eigenvalue weighted by Crippen LogP contribution is 2.18. The van der Waals surface area contributed by atoms with Gasteiger partial charge in [-0.2, -0.15) is 0 Å². The van der Waals surface area contributed by atoms with Crippen LogP contribution in [0.4, 0.5) is 0 Å². The third kappa shape index (κ3) is 4.70. The van der Waals surface area contributed by atoms with E-state index >= 15 is 0 Å². The highest BCUT2D eigenvalue weighted by molar-refractivity contribution is 6.25. The van der Waals surface area contributed by atoms with Crippen LogP contribution in [0.5, 0.6) is 0 Å². The number of benzene rings is 2. The summed E-state index contributed by atoms with van der Waals surface area (Å²) in [5, 5.41) is 9.50. The van der Waals surface area contributed by atoms with Gasteiger partial charge in [0.05, 0.1) is 6.61 Å². The van der Waals surface area contributed by atoms with Crippen LogP contribution in [0.25, 0.3) is 0 Å². The van der Waals surface area contributed by atoms with Gasteiger partial charge in [-0.1, -0.05) is 72.3 Å². The van der Waals surface area contributed by atoms with Gasteiger partial charge in [-0.3, -0.25) is 4.90 Å². The highest BCUT2D eigenvalue weighted by atomic mass is 35.5. The molecule has 2 nitrogen and oxygen atoms in total. The molecule has 0 aliphatic carbocycles. The molecule has 1 atom stereocenters. The van der Waals surface area contributed by atoms with E-state index in [0.29, 0.717) is 0 Å². The lowest BCUT2D eigenvalue weighted by atomic mass is 10.1. The molecule has 0 bridgehead atoms. The lowest BCUT2D eigenvalue weighted by molar-refractivity contribution is 0.197. The lowest BCUT2D eigenvalue weighted by Gasteiger charge is -2.30. The Hall–Kier alpha value is -1.61. The molecule has 2 aromatic carbocycles. The molecule has 0 saturated heterocycles.